The third kappa shape index (κ3) is 3.73. The minimum Gasteiger partial charge on any atom is -0.310 e. The Bertz CT molecular complexity index is 1000. The highest BCUT2D eigenvalue weighted by molar-refractivity contribution is 7.10. The molecular weight excluding hydrogens is 356 g/mol. The van der Waals surface area contributed by atoms with Crippen molar-refractivity contribution in [3.63, 3.8) is 0 Å². The van der Waals surface area contributed by atoms with E-state index in [1.165, 1.54) is 4.88 Å². The van der Waals surface area contributed by atoms with Gasteiger partial charge in [-0.3, -0.25) is 9.69 Å². The fourth-order valence-electron chi connectivity index (χ4n) is 3.39. The monoisotopic (exact) mass is 380 g/mol. The number of rotatable bonds is 3. The van der Waals surface area contributed by atoms with Crippen molar-refractivity contribution in [3.05, 3.63) is 68.2 Å². The molecule has 0 spiro atoms. The highest BCUT2D eigenvalue weighted by Gasteiger charge is 2.25. The Morgan fingerprint density at radius 1 is 1.22 bits per heavy atom. The predicted molar refractivity (Wildman–Crippen MR) is 109 cm³/mol. The quantitative estimate of drug-likeness (QED) is 0.752. The summed E-state index contributed by atoms with van der Waals surface area (Å²) in [5.41, 5.74) is 5.69. The van der Waals surface area contributed by atoms with Crippen LogP contribution in [0.25, 0.3) is 11.3 Å². The van der Waals surface area contributed by atoms with E-state index in [9.17, 15) is 4.79 Å². The lowest BCUT2D eigenvalue weighted by Crippen LogP contribution is -2.37. The number of fused-ring (bicyclic) bond motifs is 1. The van der Waals surface area contributed by atoms with Gasteiger partial charge in [-0.2, -0.15) is 0 Å². The maximum absolute atomic E-state index is 12.6. The number of nitrogens with one attached hydrogen (secondary N) is 1. The molecule has 0 unspecified atom stereocenters. The van der Waals surface area contributed by atoms with Crippen LogP contribution in [0.4, 0.5) is 0 Å². The number of nitrogens with zero attached hydrogens (tertiary/aromatic N) is 3. The van der Waals surface area contributed by atoms with Gasteiger partial charge >= 0.3 is 0 Å². The van der Waals surface area contributed by atoms with E-state index in [4.69, 9.17) is 4.98 Å². The summed E-state index contributed by atoms with van der Waals surface area (Å²) in [6, 6.07) is 10.3. The second-order valence-electron chi connectivity index (χ2n) is 8.04. The van der Waals surface area contributed by atoms with Crippen molar-refractivity contribution in [2.45, 2.75) is 45.7 Å². The van der Waals surface area contributed by atoms with Gasteiger partial charge in [-0.05, 0) is 0 Å². The van der Waals surface area contributed by atoms with Crippen molar-refractivity contribution >= 4 is 11.3 Å². The highest BCUT2D eigenvalue weighted by atomic mass is 32.1. The van der Waals surface area contributed by atoms with Crippen LogP contribution in [0.1, 0.15) is 42.7 Å². The van der Waals surface area contributed by atoms with Crippen molar-refractivity contribution in [2.75, 3.05) is 6.54 Å². The lowest BCUT2D eigenvalue weighted by molar-refractivity contribution is 0.243. The maximum Gasteiger partial charge on any atom is 0.255 e. The van der Waals surface area contributed by atoms with E-state index in [1.807, 2.05) is 23.7 Å². The molecule has 5 nitrogen and oxygen atoms in total. The number of hydrogen-bond donors (Lipinski definition) is 1. The Labute approximate surface area is 163 Å². The molecule has 2 aromatic heterocycles. The molecule has 140 valence electrons. The van der Waals surface area contributed by atoms with Crippen LogP contribution in [0.2, 0.25) is 0 Å². The van der Waals surface area contributed by atoms with Gasteiger partial charge < -0.3 is 4.98 Å². The molecule has 0 bridgehead atoms. The van der Waals surface area contributed by atoms with Gasteiger partial charge in [-0.15, -0.1) is 11.3 Å². The van der Waals surface area contributed by atoms with Crippen molar-refractivity contribution < 1.29 is 0 Å². The first-order chi connectivity index (χ1) is 12.9. The van der Waals surface area contributed by atoms with Crippen LogP contribution in [-0.2, 0) is 24.9 Å². The Morgan fingerprint density at radius 3 is 2.74 bits per heavy atom. The summed E-state index contributed by atoms with van der Waals surface area (Å²) in [5, 5.41) is 0. The predicted octanol–water partition coefficient (Wildman–Crippen LogP) is 3.75. The van der Waals surface area contributed by atoms with Gasteiger partial charge in [0.25, 0.3) is 5.56 Å². The molecule has 1 aliphatic rings. The maximum atomic E-state index is 12.6. The molecule has 0 saturated heterocycles. The second kappa shape index (κ2) is 7.02. The van der Waals surface area contributed by atoms with Crippen LogP contribution < -0.4 is 5.56 Å². The molecule has 27 heavy (non-hydrogen) atoms. The minimum absolute atomic E-state index is 0.00205. The number of aromatic nitrogens is 3. The zero-order valence-corrected chi connectivity index (χ0v) is 16.8. The van der Waals surface area contributed by atoms with E-state index < -0.39 is 0 Å². The molecule has 6 heteroatoms. The van der Waals surface area contributed by atoms with Crippen molar-refractivity contribution in [1.29, 1.82) is 0 Å². The normalized spacial score (nSPS) is 14.9. The Hall–Kier alpha value is -2.31. The number of thiazole rings is 1. The SMILES string of the molecule is CC(C)(C)c1nc2c(c(=O)[nH]1)CN(Cc1scnc1-c1ccccc1)CC2. The first kappa shape index (κ1) is 18.1. The molecule has 3 aromatic rings. The van der Waals surface area contributed by atoms with Gasteiger partial charge in [0, 0.05) is 41.9 Å². The largest absolute Gasteiger partial charge is 0.310 e. The molecular formula is C21H24N4OS. The van der Waals surface area contributed by atoms with Gasteiger partial charge in [-0.25, -0.2) is 9.97 Å². The van der Waals surface area contributed by atoms with Crippen molar-refractivity contribution in [3.8, 4) is 11.3 Å². The Balaban J connectivity index is 1.57. The lowest BCUT2D eigenvalue weighted by Gasteiger charge is -2.28. The summed E-state index contributed by atoms with van der Waals surface area (Å²) in [5.74, 6) is 0.772. The molecule has 1 aromatic carbocycles. The van der Waals surface area contributed by atoms with E-state index in [-0.39, 0.29) is 11.0 Å². The summed E-state index contributed by atoms with van der Waals surface area (Å²) in [4.78, 5) is 28.5. The first-order valence-electron chi connectivity index (χ1n) is 9.24. The average Bonchev–Trinajstić information content (AvgIpc) is 3.10. The summed E-state index contributed by atoms with van der Waals surface area (Å²) in [6.45, 7) is 8.55. The van der Waals surface area contributed by atoms with Crippen LogP contribution in [-0.4, -0.2) is 26.4 Å². The van der Waals surface area contributed by atoms with E-state index in [0.29, 0.717) is 6.54 Å². The third-order valence-electron chi connectivity index (χ3n) is 4.91. The van der Waals surface area contributed by atoms with Crippen LogP contribution >= 0.6 is 11.3 Å². The summed E-state index contributed by atoms with van der Waals surface area (Å²) in [6.07, 6.45) is 0.807. The highest BCUT2D eigenvalue weighted by Crippen LogP contribution is 2.28. The Morgan fingerprint density at radius 2 is 2.00 bits per heavy atom. The number of aromatic amines is 1. The van der Waals surface area contributed by atoms with Gasteiger partial charge in [-0.1, -0.05) is 51.1 Å². The van der Waals surface area contributed by atoms with Crippen molar-refractivity contribution in [1.82, 2.24) is 19.9 Å². The fraction of sp³-hybridized carbons (Fsp3) is 0.381. The standard InChI is InChI=1S/C21H24N4OS/c1-21(2,3)20-23-16-9-10-25(11-15(16)19(26)24-20)12-17-18(22-13-27-17)14-7-5-4-6-8-14/h4-8,13H,9-12H2,1-3H3,(H,23,24,26). The third-order valence-corrected chi connectivity index (χ3v) is 5.73. The van der Waals surface area contributed by atoms with E-state index in [2.05, 4.69) is 47.8 Å². The van der Waals surface area contributed by atoms with Crippen molar-refractivity contribution in [2.24, 2.45) is 0 Å². The molecule has 0 aliphatic carbocycles. The molecule has 4 rings (SSSR count). The van der Waals surface area contributed by atoms with Crippen LogP contribution in [0.15, 0.2) is 40.6 Å². The summed E-state index contributed by atoms with van der Waals surface area (Å²) < 4.78 is 0. The van der Waals surface area contributed by atoms with E-state index in [1.54, 1.807) is 11.3 Å². The molecule has 1 aliphatic heterocycles. The molecule has 0 fully saturated rings. The minimum atomic E-state index is -0.154. The fourth-order valence-corrected chi connectivity index (χ4v) is 4.21. The molecule has 3 heterocycles. The summed E-state index contributed by atoms with van der Waals surface area (Å²) >= 11 is 1.68. The van der Waals surface area contributed by atoms with Crippen LogP contribution in [0.5, 0.6) is 0 Å². The van der Waals surface area contributed by atoms with Crippen LogP contribution in [0, 0.1) is 0 Å². The topological polar surface area (TPSA) is 61.9 Å². The molecule has 0 radical (unpaired) electrons. The second-order valence-corrected chi connectivity index (χ2v) is 8.98. The number of H-pyrrole nitrogens is 1. The first-order valence-corrected chi connectivity index (χ1v) is 10.1. The van der Waals surface area contributed by atoms with Gasteiger partial charge in [0.1, 0.15) is 5.82 Å². The zero-order chi connectivity index (χ0) is 19.0. The lowest BCUT2D eigenvalue weighted by atomic mass is 9.95. The van der Waals surface area contributed by atoms with Gasteiger partial charge in [0.15, 0.2) is 0 Å². The summed E-state index contributed by atoms with van der Waals surface area (Å²) in [7, 11) is 0. The molecule has 0 atom stereocenters. The number of benzene rings is 1. The van der Waals surface area contributed by atoms with Gasteiger partial charge in [0.2, 0.25) is 0 Å². The zero-order valence-electron chi connectivity index (χ0n) is 16.0. The van der Waals surface area contributed by atoms with Crippen LogP contribution in [0.3, 0.4) is 0 Å². The van der Waals surface area contributed by atoms with E-state index >= 15 is 0 Å². The smallest absolute Gasteiger partial charge is 0.255 e. The Kier molecular flexibility index (Phi) is 4.70. The molecule has 1 N–H and O–H groups in total. The number of hydrogen-bond acceptors (Lipinski definition) is 5. The van der Waals surface area contributed by atoms with E-state index in [0.717, 1.165) is 47.8 Å². The molecule has 0 amide bonds. The molecule has 0 saturated carbocycles. The average molecular weight is 381 g/mol. The van der Waals surface area contributed by atoms with Gasteiger partial charge in [0.05, 0.1) is 22.5 Å².